The van der Waals surface area contributed by atoms with Gasteiger partial charge in [0.05, 0.1) is 0 Å². The maximum absolute atomic E-state index is 12.7. The molecule has 1 N–H and O–H groups in total. The van der Waals surface area contributed by atoms with Crippen LogP contribution >= 0.6 is 0 Å². The van der Waals surface area contributed by atoms with Crippen molar-refractivity contribution >= 4 is 11.9 Å². The number of amides is 1. The Balaban J connectivity index is 0.00000121. The zero-order chi connectivity index (χ0) is 13.5. The smallest absolute Gasteiger partial charge is 0.413 e. The molecule has 0 unspecified atom stereocenters. The molecule has 0 bridgehead atoms. The molecule has 0 aliphatic heterocycles. The van der Waals surface area contributed by atoms with Crippen molar-refractivity contribution in [2.24, 2.45) is 0 Å². The molecule has 1 heterocycles. The summed E-state index contributed by atoms with van der Waals surface area (Å²) in [6, 6.07) is 2.31. The van der Waals surface area contributed by atoms with E-state index in [0.29, 0.717) is 0 Å². The van der Waals surface area contributed by atoms with Crippen molar-refractivity contribution in [2.75, 3.05) is 5.32 Å². The number of carbonyl (C=O) groups is 1. The number of halogens is 1. The molecule has 5 heteroatoms. The third kappa shape index (κ3) is 7.27. The van der Waals surface area contributed by atoms with E-state index in [2.05, 4.69) is 10.3 Å². The Bertz CT molecular complexity index is 362. The van der Waals surface area contributed by atoms with Crippen LogP contribution in [0.25, 0.3) is 0 Å². The fourth-order valence-electron chi connectivity index (χ4n) is 0.881. The van der Waals surface area contributed by atoms with Crippen LogP contribution in [0.4, 0.5) is 15.0 Å². The number of hydrogen-bond donors (Lipinski definition) is 1. The molecule has 1 aromatic heterocycles. The number of nitrogens with zero attached hydrogens (tertiary/aromatic N) is 1. The first kappa shape index (κ1) is 15.3. The van der Waals surface area contributed by atoms with E-state index in [9.17, 15) is 9.18 Å². The summed E-state index contributed by atoms with van der Waals surface area (Å²) < 4.78 is 17.7. The second-order valence-electron chi connectivity index (χ2n) is 3.99. The quantitative estimate of drug-likeness (QED) is 0.818. The van der Waals surface area contributed by atoms with E-state index >= 15 is 0 Å². The van der Waals surface area contributed by atoms with Crippen LogP contribution in [-0.2, 0) is 4.74 Å². The monoisotopic (exact) mass is 242 g/mol. The summed E-state index contributed by atoms with van der Waals surface area (Å²) in [5.41, 5.74) is -0.586. The molecule has 0 saturated carbocycles. The maximum atomic E-state index is 12.7. The zero-order valence-corrected chi connectivity index (χ0v) is 10.9. The molecule has 0 aliphatic rings. The number of rotatable bonds is 1. The lowest BCUT2D eigenvalue weighted by atomic mass is 10.2. The lowest BCUT2D eigenvalue weighted by molar-refractivity contribution is 0.0635. The molecule has 1 rings (SSSR count). The summed E-state index contributed by atoms with van der Waals surface area (Å²) in [5.74, 6) is -0.333. The standard InChI is InChI=1S/C10H13FN2O2.C2H6/c1-10(2,3)15-9(14)13-8-6-7(11)4-5-12-8;1-2/h4-6H,1-3H3,(H,12,13,14);1-2H3. The van der Waals surface area contributed by atoms with Crippen molar-refractivity contribution < 1.29 is 13.9 Å². The molecule has 96 valence electrons. The summed E-state index contributed by atoms with van der Waals surface area (Å²) in [4.78, 5) is 15.0. The largest absolute Gasteiger partial charge is 0.444 e. The van der Waals surface area contributed by atoms with Gasteiger partial charge in [-0.25, -0.2) is 14.2 Å². The minimum Gasteiger partial charge on any atom is -0.444 e. The highest BCUT2D eigenvalue weighted by molar-refractivity contribution is 5.83. The van der Waals surface area contributed by atoms with E-state index in [1.54, 1.807) is 20.8 Å². The fourth-order valence-corrected chi connectivity index (χ4v) is 0.881. The van der Waals surface area contributed by atoms with E-state index in [4.69, 9.17) is 4.74 Å². The topological polar surface area (TPSA) is 51.2 Å². The highest BCUT2D eigenvalue weighted by atomic mass is 19.1. The maximum Gasteiger partial charge on any atom is 0.413 e. The summed E-state index contributed by atoms with van der Waals surface area (Å²) in [7, 11) is 0. The number of nitrogens with one attached hydrogen (secondary N) is 1. The van der Waals surface area contributed by atoms with Gasteiger partial charge < -0.3 is 4.74 Å². The highest BCUT2D eigenvalue weighted by Gasteiger charge is 2.16. The molecule has 0 saturated heterocycles. The van der Waals surface area contributed by atoms with Crippen LogP contribution in [0.3, 0.4) is 0 Å². The Morgan fingerprint density at radius 1 is 1.41 bits per heavy atom. The van der Waals surface area contributed by atoms with Crippen LogP contribution in [0, 0.1) is 5.82 Å². The Hall–Kier alpha value is -1.65. The third-order valence-electron chi connectivity index (χ3n) is 1.35. The van der Waals surface area contributed by atoms with Gasteiger partial charge in [-0.1, -0.05) is 13.8 Å². The van der Waals surface area contributed by atoms with Crippen LogP contribution in [0.2, 0.25) is 0 Å². The van der Waals surface area contributed by atoms with Gasteiger partial charge in [0.2, 0.25) is 0 Å². The van der Waals surface area contributed by atoms with Gasteiger partial charge in [-0.15, -0.1) is 0 Å². The second kappa shape index (κ2) is 6.83. The minimum atomic E-state index is -0.652. The van der Waals surface area contributed by atoms with Crippen LogP contribution in [0.15, 0.2) is 18.3 Å². The van der Waals surface area contributed by atoms with Crippen LogP contribution in [0.1, 0.15) is 34.6 Å². The van der Waals surface area contributed by atoms with Gasteiger partial charge in [0.1, 0.15) is 17.2 Å². The molecule has 0 atom stereocenters. The summed E-state index contributed by atoms with van der Waals surface area (Å²) in [6.07, 6.45) is 0.614. The van der Waals surface area contributed by atoms with Crippen molar-refractivity contribution in [2.45, 2.75) is 40.2 Å². The highest BCUT2D eigenvalue weighted by Crippen LogP contribution is 2.10. The van der Waals surface area contributed by atoms with Crippen molar-refractivity contribution in [3.63, 3.8) is 0 Å². The molecule has 0 fully saturated rings. The third-order valence-corrected chi connectivity index (χ3v) is 1.35. The molecule has 1 amide bonds. The average Bonchev–Trinajstić information content (AvgIpc) is 2.17. The van der Waals surface area contributed by atoms with Gasteiger partial charge in [0, 0.05) is 12.3 Å². The molecular formula is C12H19FN2O2. The number of pyridine rings is 1. The first-order valence-corrected chi connectivity index (χ1v) is 5.48. The van der Waals surface area contributed by atoms with Crippen molar-refractivity contribution in [3.05, 3.63) is 24.1 Å². The van der Waals surface area contributed by atoms with Crippen molar-refractivity contribution in [1.29, 1.82) is 0 Å². The summed E-state index contributed by atoms with van der Waals surface area (Å²) in [6.45, 7) is 9.22. The Labute approximate surface area is 101 Å². The van der Waals surface area contributed by atoms with Crippen LogP contribution < -0.4 is 5.32 Å². The Morgan fingerprint density at radius 2 is 2.00 bits per heavy atom. The minimum absolute atomic E-state index is 0.129. The van der Waals surface area contributed by atoms with E-state index in [-0.39, 0.29) is 5.82 Å². The van der Waals surface area contributed by atoms with Crippen molar-refractivity contribution in [1.82, 2.24) is 4.98 Å². The number of ether oxygens (including phenoxy) is 1. The van der Waals surface area contributed by atoms with Gasteiger partial charge in [-0.2, -0.15) is 0 Å². The molecule has 4 nitrogen and oxygen atoms in total. The predicted octanol–water partition coefficient (Wildman–Crippen LogP) is 3.59. The van der Waals surface area contributed by atoms with E-state index in [1.165, 1.54) is 12.3 Å². The first-order chi connectivity index (χ1) is 7.87. The summed E-state index contributed by atoms with van der Waals surface area (Å²) >= 11 is 0. The first-order valence-electron chi connectivity index (χ1n) is 5.48. The molecule has 0 aliphatic carbocycles. The van der Waals surface area contributed by atoms with Crippen molar-refractivity contribution in [3.8, 4) is 0 Å². The van der Waals surface area contributed by atoms with E-state index in [0.717, 1.165) is 6.07 Å². The SMILES string of the molecule is CC.CC(C)(C)OC(=O)Nc1cc(F)ccn1. The van der Waals surface area contributed by atoms with Gasteiger partial charge in [0.15, 0.2) is 0 Å². The van der Waals surface area contributed by atoms with Gasteiger partial charge in [-0.3, -0.25) is 5.32 Å². The normalized spacial score (nSPS) is 10.0. The van der Waals surface area contributed by atoms with Gasteiger partial charge in [0.25, 0.3) is 0 Å². The Morgan fingerprint density at radius 3 is 2.47 bits per heavy atom. The second-order valence-corrected chi connectivity index (χ2v) is 3.99. The lowest BCUT2D eigenvalue weighted by Gasteiger charge is -2.19. The van der Waals surface area contributed by atoms with Gasteiger partial charge >= 0.3 is 6.09 Å². The average molecular weight is 242 g/mol. The predicted molar refractivity (Wildman–Crippen MR) is 65.4 cm³/mol. The van der Waals surface area contributed by atoms with Crippen LogP contribution in [-0.4, -0.2) is 16.7 Å². The number of carbonyl (C=O) groups excluding carboxylic acids is 1. The lowest BCUT2D eigenvalue weighted by Crippen LogP contribution is -2.27. The molecule has 1 aromatic rings. The molecule has 0 radical (unpaired) electrons. The zero-order valence-electron chi connectivity index (χ0n) is 10.9. The molecule has 0 spiro atoms. The summed E-state index contributed by atoms with van der Waals surface area (Å²) in [5, 5.41) is 2.33. The fraction of sp³-hybridized carbons (Fsp3) is 0.500. The number of anilines is 1. The number of hydrogen-bond acceptors (Lipinski definition) is 3. The number of aromatic nitrogens is 1. The van der Waals surface area contributed by atoms with Crippen LogP contribution in [0.5, 0.6) is 0 Å². The van der Waals surface area contributed by atoms with E-state index in [1.807, 2.05) is 13.8 Å². The van der Waals surface area contributed by atoms with Gasteiger partial charge in [-0.05, 0) is 26.8 Å². The molecule has 0 aromatic carbocycles. The Kier molecular flexibility index (Phi) is 6.17. The molecule has 17 heavy (non-hydrogen) atoms. The molecular weight excluding hydrogens is 223 g/mol. The van der Waals surface area contributed by atoms with E-state index < -0.39 is 17.5 Å².